The molecule has 1 aromatic rings. The average Bonchev–Trinajstić information content (AvgIpc) is 2.46. The predicted octanol–water partition coefficient (Wildman–Crippen LogP) is 1.70. The Morgan fingerprint density at radius 3 is 2.74 bits per heavy atom. The molecule has 0 N–H and O–H groups in total. The van der Waals surface area contributed by atoms with Gasteiger partial charge in [0.2, 0.25) is 0 Å². The van der Waals surface area contributed by atoms with Gasteiger partial charge in [-0.2, -0.15) is 10.5 Å². The number of rotatable bonds is 6. The maximum absolute atomic E-state index is 11.9. The van der Waals surface area contributed by atoms with Gasteiger partial charge in [0.1, 0.15) is 11.8 Å². The van der Waals surface area contributed by atoms with E-state index < -0.39 is 0 Å². The van der Waals surface area contributed by atoms with Crippen molar-refractivity contribution in [1.29, 1.82) is 10.5 Å². The van der Waals surface area contributed by atoms with Crippen LogP contribution in [0.25, 0.3) is 0 Å². The number of ether oxygens (including phenoxy) is 1. The van der Waals surface area contributed by atoms with Gasteiger partial charge in [0.25, 0.3) is 5.91 Å². The van der Waals surface area contributed by atoms with E-state index in [1.165, 1.54) is 0 Å². The average molecular weight is 257 g/mol. The first-order valence-electron chi connectivity index (χ1n) is 5.99. The van der Waals surface area contributed by atoms with Crippen molar-refractivity contribution in [2.75, 3.05) is 19.7 Å². The van der Waals surface area contributed by atoms with Gasteiger partial charge in [0.15, 0.2) is 6.61 Å². The highest BCUT2D eigenvalue weighted by atomic mass is 16.5. The predicted molar refractivity (Wildman–Crippen MR) is 69.1 cm³/mol. The number of hydrogen-bond acceptors (Lipinski definition) is 4. The smallest absolute Gasteiger partial charge is 0.260 e. The molecule has 0 radical (unpaired) electrons. The van der Waals surface area contributed by atoms with Gasteiger partial charge in [-0.25, -0.2) is 0 Å². The molecule has 0 unspecified atom stereocenters. The molecule has 1 aromatic carbocycles. The molecule has 0 atom stereocenters. The van der Waals surface area contributed by atoms with Gasteiger partial charge in [-0.05, 0) is 19.1 Å². The zero-order valence-electron chi connectivity index (χ0n) is 10.8. The molecule has 98 valence electrons. The zero-order valence-corrected chi connectivity index (χ0v) is 10.8. The summed E-state index contributed by atoms with van der Waals surface area (Å²) in [6.45, 7) is 2.65. The number of para-hydroxylation sites is 1. The second-order valence-electron chi connectivity index (χ2n) is 3.78. The Morgan fingerprint density at radius 2 is 2.11 bits per heavy atom. The third kappa shape index (κ3) is 4.33. The van der Waals surface area contributed by atoms with Gasteiger partial charge in [-0.3, -0.25) is 4.79 Å². The van der Waals surface area contributed by atoms with E-state index in [1.807, 2.05) is 19.1 Å². The van der Waals surface area contributed by atoms with E-state index in [-0.39, 0.29) is 12.5 Å². The van der Waals surface area contributed by atoms with Crippen LogP contribution in [0.15, 0.2) is 24.3 Å². The van der Waals surface area contributed by atoms with E-state index in [0.29, 0.717) is 30.8 Å². The van der Waals surface area contributed by atoms with Crippen LogP contribution in [0.3, 0.4) is 0 Å². The minimum atomic E-state index is -0.189. The Kier molecular flexibility index (Phi) is 5.91. The maximum Gasteiger partial charge on any atom is 0.260 e. The number of likely N-dealkylation sites (N-methyl/N-ethyl adjacent to an activating group) is 1. The quantitative estimate of drug-likeness (QED) is 0.777. The Morgan fingerprint density at radius 1 is 1.37 bits per heavy atom. The van der Waals surface area contributed by atoms with Gasteiger partial charge in [-0.1, -0.05) is 12.1 Å². The molecule has 1 rings (SSSR count). The summed E-state index contributed by atoms with van der Waals surface area (Å²) >= 11 is 0. The van der Waals surface area contributed by atoms with E-state index in [2.05, 4.69) is 0 Å². The molecule has 0 saturated carbocycles. The third-order valence-electron chi connectivity index (χ3n) is 2.59. The number of carbonyl (C=O) groups excluding carboxylic acids is 1. The van der Waals surface area contributed by atoms with E-state index in [9.17, 15) is 4.79 Å². The Balaban J connectivity index is 2.58. The summed E-state index contributed by atoms with van der Waals surface area (Å²) in [5.74, 6) is 0.208. The van der Waals surface area contributed by atoms with Crippen molar-refractivity contribution in [2.45, 2.75) is 13.3 Å². The van der Waals surface area contributed by atoms with E-state index in [1.54, 1.807) is 29.2 Å². The van der Waals surface area contributed by atoms with Crippen LogP contribution in [0.4, 0.5) is 0 Å². The molecular weight excluding hydrogens is 242 g/mol. The molecule has 0 bridgehead atoms. The van der Waals surface area contributed by atoms with Crippen LogP contribution < -0.4 is 4.74 Å². The van der Waals surface area contributed by atoms with Gasteiger partial charge < -0.3 is 9.64 Å². The van der Waals surface area contributed by atoms with Crippen molar-refractivity contribution >= 4 is 5.91 Å². The van der Waals surface area contributed by atoms with Crippen molar-refractivity contribution in [2.24, 2.45) is 0 Å². The topological polar surface area (TPSA) is 77.1 Å². The highest BCUT2D eigenvalue weighted by Crippen LogP contribution is 2.16. The van der Waals surface area contributed by atoms with Crippen molar-refractivity contribution in [3.63, 3.8) is 0 Å². The molecule has 0 fully saturated rings. The Hall–Kier alpha value is -2.53. The second-order valence-corrected chi connectivity index (χ2v) is 3.78. The summed E-state index contributed by atoms with van der Waals surface area (Å²) in [6.07, 6.45) is 0.300. The lowest BCUT2D eigenvalue weighted by Crippen LogP contribution is -2.35. The van der Waals surface area contributed by atoms with Gasteiger partial charge in [0.05, 0.1) is 18.1 Å². The Labute approximate surface area is 112 Å². The molecule has 0 aliphatic rings. The number of nitrogens with zero attached hydrogens (tertiary/aromatic N) is 3. The fourth-order valence-electron chi connectivity index (χ4n) is 1.56. The largest absolute Gasteiger partial charge is 0.482 e. The number of nitriles is 2. The van der Waals surface area contributed by atoms with Gasteiger partial charge in [0, 0.05) is 13.1 Å². The van der Waals surface area contributed by atoms with Crippen LogP contribution in [-0.4, -0.2) is 30.5 Å². The van der Waals surface area contributed by atoms with Crippen LogP contribution in [0.2, 0.25) is 0 Å². The summed E-state index contributed by atoms with van der Waals surface area (Å²) in [4.78, 5) is 13.4. The van der Waals surface area contributed by atoms with Crippen molar-refractivity contribution in [1.82, 2.24) is 4.90 Å². The second kappa shape index (κ2) is 7.73. The molecular formula is C14H15N3O2. The summed E-state index contributed by atoms with van der Waals surface area (Å²) in [7, 11) is 0. The number of benzene rings is 1. The molecule has 0 saturated heterocycles. The standard InChI is InChI=1S/C14H15N3O2/c1-2-17(9-5-8-15)14(18)11-19-13-7-4-3-6-12(13)10-16/h3-4,6-7H,2,5,9,11H2,1H3. The van der Waals surface area contributed by atoms with Crippen LogP contribution in [-0.2, 0) is 4.79 Å². The van der Waals surface area contributed by atoms with E-state index in [0.717, 1.165) is 0 Å². The van der Waals surface area contributed by atoms with Crippen molar-refractivity contribution < 1.29 is 9.53 Å². The minimum absolute atomic E-state index is 0.127. The molecule has 0 aliphatic carbocycles. The van der Waals surface area contributed by atoms with Gasteiger partial charge >= 0.3 is 0 Å². The number of amides is 1. The maximum atomic E-state index is 11.9. The molecule has 0 aromatic heterocycles. The summed E-state index contributed by atoms with van der Waals surface area (Å²) in [5, 5.41) is 17.4. The van der Waals surface area contributed by atoms with Crippen molar-refractivity contribution in [3.05, 3.63) is 29.8 Å². The van der Waals surface area contributed by atoms with Crippen LogP contribution in [0, 0.1) is 22.7 Å². The first-order chi connectivity index (χ1) is 9.22. The fourth-order valence-corrected chi connectivity index (χ4v) is 1.56. The van der Waals surface area contributed by atoms with Crippen molar-refractivity contribution in [3.8, 4) is 17.9 Å². The van der Waals surface area contributed by atoms with Crippen LogP contribution in [0.5, 0.6) is 5.75 Å². The minimum Gasteiger partial charge on any atom is -0.482 e. The SMILES string of the molecule is CCN(CCC#N)C(=O)COc1ccccc1C#N. The molecule has 19 heavy (non-hydrogen) atoms. The first kappa shape index (κ1) is 14.5. The summed E-state index contributed by atoms with van der Waals surface area (Å²) in [5.41, 5.74) is 0.398. The number of carbonyl (C=O) groups is 1. The fraction of sp³-hybridized carbons (Fsp3) is 0.357. The van der Waals surface area contributed by atoms with Crippen LogP contribution in [0.1, 0.15) is 18.9 Å². The van der Waals surface area contributed by atoms with Gasteiger partial charge in [-0.15, -0.1) is 0 Å². The first-order valence-corrected chi connectivity index (χ1v) is 5.99. The van der Waals surface area contributed by atoms with E-state index >= 15 is 0 Å². The lowest BCUT2D eigenvalue weighted by molar-refractivity contribution is -0.133. The lowest BCUT2D eigenvalue weighted by atomic mass is 10.2. The molecule has 5 nitrogen and oxygen atoms in total. The molecule has 1 amide bonds. The summed E-state index contributed by atoms with van der Waals surface area (Å²) in [6, 6.07) is 10.8. The van der Waals surface area contributed by atoms with Crippen LogP contribution >= 0.6 is 0 Å². The molecule has 0 heterocycles. The zero-order chi connectivity index (χ0) is 14.1. The third-order valence-corrected chi connectivity index (χ3v) is 2.59. The number of hydrogen-bond donors (Lipinski definition) is 0. The molecule has 0 spiro atoms. The monoisotopic (exact) mass is 257 g/mol. The van der Waals surface area contributed by atoms with E-state index in [4.69, 9.17) is 15.3 Å². The highest BCUT2D eigenvalue weighted by molar-refractivity contribution is 5.77. The molecule has 0 aliphatic heterocycles. The normalized spacial score (nSPS) is 9.21. The lowest BCUT2D eigenvalue weighted by Gasteiger charge is -2.19. The molecule has 5 heteroatoms. The highest BCUT2D eigenvalue weighted by Gasteiger charge is 2.12. The Bertz CT molecular complexity index is 514. The summed E-state index contributed by atoms with van der Waals surface area (Å²) < 4.78 is 5.36.